The van der Waals surface area contributed by atoms with Crippen molar-refractivity contribution in [1.82, 2.24) is 14.5 Å². The van der Waals surface area contributed by atoms with Crippen LogP contribution in [0.2, 0.25) is 5.02 Å². The summed E-state index contributed by atoms with van der Waals surface area (Å²) >= 11 is 6.18. The number of amides is 1. The minimum atomic E-state index is -4.32. The normalized spacial score (nSPS) is 14.9. The molecule has 0 spiro atoms. The number of nitrogens with two attached hydrogens (primary N) is 1. The highest BCUT2D eigenvalue weighted by Crippen LogP contribution is 2.31. The summed E-state index contributed by atoms with van der Waals surface area (Å²) in [4.78, 5) is 16.1. The van der Waals surface area contributed by atoms with E-state index in [1.165, 1.54) is 22.7 Å². The second-order valence-electron chi connectivity index (χ2n) is 8.76. The molecule has 36 heavy (non-hydrogen) atoms. The van der Waals surface area contributed by atoms with Gasteiger partial charge in [0.25, 0.3) is 5.91 Å². The van der Waals surface area contributed by atoms with Gasteiger partial charge in [-0.2, -0.15) is 18.3 Å². The van der Waals surface area contributed by atoms with Gasteiger partial charge in [-0.3, -0.25) is 9.69 Å². The molecule has 6 nitrogen and oxygen atoms in total. The fourth-order valence-electron chi connectivity index (χ4n) is 4.44. The van der Waals surface area contributed by atoms with Crippen LogP contribution >= 0.6 is 11.6 Å². The van der Waals surface area contributed by atoms with E-state index >= 15 is 0 Å². The quantitative estimate of drug-likeness (QED) is 0.403. The van der Waals surface area contributed by atoms with Crippen molar-refractivity contribution in [3.8, 4) is 11.3 Å². The summed E-state index contributed by atoms with van der Waals surface area (Å²) in [6, 6.07) is 18.6. The first-order valence-corrected chi connectivity index (χ1v) is 11.8. The van der Waals surface area contributed by atoms with Gasteiger partial charge in [-0.15, -0.1) is 0 Å². The minimum absolute atomic E-state index is 0.226. The van der Waals surface area contributed by atoms with Gasteiger partial charge in [0.2, 0.25) is 0 Å². The van der Waals surface area contributed by atoms with Gasteiger partial charge in [-0.25, -0.2) is 4.52 Å². The summed E-state index contributed by atoms with van der Waals surface area (Å²) < 4.78 is 39.9. The highest BCUT2D eigenvalue weighted by molar-refractivity contribution is 6.34. The number of carbonyl (C=O) groups is 1. The van der Waals surface area contributed by atoms with Crippen molar-refractivity contribution in [3.05, 3.63) is 88.6 Å². The first kappa shape index (κ1) is 24.1. The number of aromatic nitrogens is 2. The van der Waals surface area contributed by atoms with Crippen LogP contribution in [0.1, 0.15) is 21.6 Å². The topological polar surface area (TPSA) is 66.9 Å². The number of benzene rings is 2. The van der Waals surface area contributed by atoms with E-state index in [1.54, 1.807) is 6.07 Å². The van der Waals surface area contributed by atoms with Gasteiger partial charge >= 0.3 is 6.18 Å². The molecule has 1 saturated heterocycles. The molecule has 5 rings (SSSR count). The van der Waals surface area contributed by atoms with Crippen molar-refractivity contribution >= 4 is 28.7 Å². The molecule has 1 aliphatic rings. The fourth-order valence-corrected chi connectivity index (χ4v) is 4.68. The molecular weight excluding hydrogens is 491 g/mol. The molecule has 1 aliphatic heterocycles. The Morgan fingerprint density at radius 2 is 1.61 bits per heavy atom. The van der Waals surface area contributed by atoms with Crippen molar-refractivity contribution in [2.75, 3.05) is 31.1 Å². The molecule has 1 amide bonds. The molecule has 0 aliphatic carbocycles. The van der Waals surface area contributed by atoms with Crippen LogP contribution in [-0.2, 0) is 12.7 Å². The fraction of sp³-hybridized carbons (Fsp3) is 0.231. The van der Waals surface area contributed by atoms with Crippen molar-refractivity contribution in [2.24, 2.45) is 5.73 Å². The summed E-state index contributed by atoms with van der Waals surface area (Å²) in [6.07, 6.45) is -4.32. The Labute approximate surface area is 210 Å². The van der Waals surface area contributed by atoms with Crippen molar-refractivity contribution < 1.29 is 18.0 Å². The average molecular weight is 514 g/mol. The molecule has 2 aromatic carbocycles. The molecular formula is C26H23ClF3N5O. The molecule has 0 radical (unpaired) electrons. The number of hydrogen-bond acceptors (Lipinski definition) is 4. The third kappa shape index (κ3) is 4.89. The Hall–Kier alpha value is -3.56. The Balaban J connectivity index is 1.22. The van der Waals surface area contributed by atoms with E-state index in [9.17, 15) is 18.0 Å². The number of fused-ring (bicyclic) bond motifs is 1. The third-order valence-electron chi connectivity index (χ3n) is 6.41. The number of halogens is 4. The number of anilines is 1. The number of rotatable bonds is 5. The van der Waals surface area contributed by atoms with Crippen LogP contribution in [0, 0.1) is 0 Å². The largest absolute Gasteiger partial charge is 0.416 e. The van der Waals surface area contributed by atoms with Gasteiger partial charge in [0.1, 0.15) is 5.69 Å². The van der Waals surface area contributed by atoms with Crippen molar-refractivity contribution in [1.29, 1.82) is 0 Å². The van der Waals surface area contributed by atoms with Gasteiger partial charge in [0.15, 0.2) is 0 Å². The van der Waals surface area contributed by atoms with Crippen LogP contribution in [0.3, 0.4) is 0 Å². The molecule has 2 N–H and O–H groups in total. The lowest BCUT2D eigenvalue weighted by Gasteiger charge is -2.36. The van der Waals surface area contributed by atoms with Gasteiger partial charge in [0, 0.05) is 44.0 Å². The molecule has 0 saturated carbocycles. The SMILES string of the molecule is NC(=O)c1cc(Cl)c2ccc(-c3ccc(CN4CCN(c5ccc(C(F)(F)F)cc5)CC4)cc3)nn12. The first-order chi connectivity index (χ1) is 17.2. The zero-order valence-electron chi connectivity index (χ0n) is 19.2. The predicted molar refractivity (Wildman–Crippen MR) is 133 cm³/mol. The van der Waals surface area contributed by atoms with Crippen LogP contribution in [0.4, 0.5) is 18.9 Å². The Kier molecular flexibility index (Phi) is 6.36. The van der Waals surface area contributed by atoms with Gasteiger partial charge < -0.3 is 10.6 Å². The van der Waals surface area contributed by atoms with Crippen LogP contribution in [0.25, 0.3) is 16.8 Å². The monoisotopic (exact) mass is 513 g/mol. The standard InChI is InChI=1S/C26H23ClF3N5O/c27-21-15-24(25(31)36)35-23(21)10-9-22(32-35)18-3-1-17(2-4-18)16-33-11-13-34(14-12-33)20-7-5-19(6-8-20)26(28,29)30/h1-10,15H,11-14,16H2,(H2,31,36). The van der Waals surface area contributed by atoms with E-state index < -0.39 is 17.6 Å². The number of nitrogens with zero attached hydrogens (tertiary/aromatic N) is 4. The highest BCUT2D eigenvalue weighted by atomic mass is 35.5. The number of primary amides is 1. The van der Waals surface area contributed by atoms with Crippen LogP contribution < -0.4 is 10.6 Å². The average Bonchev–Trinajstić information content (AvgIpc) is 3.21. The van der Waals surface area contributed by atoms with Gasteiger partial charge in [0.05, 0.1) is 21.8 Å². The second-order valence-corrected chi connectivity index (χ2v) is 9.17. The number of alkyl halides is 3. The molecule has 10 heteroatoms. The maximum atomic E-state index is 12.8. The second kappa shape index (κ2) is 9.48. The van der Waals surface area contributed by atoms with E-state index in [2.05, 4.69) is 14.9 Å². The third-order valence-corrected chi connectivity index (χ3v) is 6.71. The summed E-state index contributed by atoms with van der Waals surface area (Å²) in [5.74, 6) is -0.602. The Morgan fingerprint density at radius 1 is 0.944 bits per heavy atom. The van der Waals surface area contributed by atoms with E-state index in [4.69, 9.17) is 17.3 Å². The van der Waals surface area contributed by atoms with Crippen molar-refractivity contribution in [2.45, 2.75) is 12.7 Å². The van der Waals surface area contributed by atoms with E-state index in [0.717, 1.165) is 61.7 Å². The summed E-state index contributed by atoms with van der Waals surface area (Å²) in [6.45, 7) is 3.88. The van der Waals surface area contributed by atoms with Gasteiger partial charge in [-0.05, 0) is 48.0 Å². The lowest BCUT2D eigenvalue weighted by atomic mass is 10.1. The molecule has 1 fully saturated rings. The van der Waals surface area contributed by atoms with Crippen molar-refractivity contribution in [3.63, 3.8) is 0 Å². The summed E-state index contributed by atoms with van der Waals surface area (Å²) in [5, 5.41) is 4.96. The maximum absolute atomic E-state index is 12.8. The summed E-state index contributed by atoms with van der Waals surface area (Å²) in [7, 11) is 0. The van der Waals surface area contributed by atoms with Crippen LogP contribution in [-0.4, -0.2) is 46.6 Å². The first-order valence-electron chi connectivity index (χ1n) is 11.4. The van der Waals surface area contributed by atoms with Crippen LogP contribution in [0.5, 0.6) is 0 Å². The smallest absolute Gasteiger partial charge is 0.369 e. The van der Waals surface area contributed by atoms with E-state index in [-0.39, 0.29) is 5.69 Å². The molecule has 0 bridgehead atoms. The number of piperazine rings is 1. The Morgan fingerprint density at radius 3 is 2.22 bits per heavy atom. The molecule has 0 atom stereocenters. The molecule has 0 unspecified atom stereocenters. The number of hydrogen-bond donors (Lipinski definition) is 1. The Bertz CT molecular complexity index is 1390. The maximum Gasteiger partial charge on any atom is 0.416 e. The lowest BCUT2D eigenvalue weighted by Crippen LogP contribution is -2.45. The molecule has 4 aromatic rings. The predicted octanol–water partition coefficient (Wildman–Crippen LogP) is 5.09. The summed E-state index contributed by atoms with van der Waals surface area (Å²) in [5.41, 5.74) is 9.19. The molecule has 186 valence electrons. The van der Waals surface area contributed by atoms with Crippen LogP contribution in [0.15, 0.2) is 66.7 Å². The van der Waals surface area contributed by atoms with E-state index in [0.29, 0.717) is 16.2 Å². The molecule has 2 aromatic heterocycles. The lowest BCUT2D eigenvalue weighted by molar-refractivity contribution is -0.137. The zero-order valence-corrected chi connectivity index (χ0v) is 19.9. The zero-order chi connectivity index (χ0) is 25.4. The van der Waals surface area contributed by atoms with Gasteiger partial charge in [-0.1, -0.05) is 35.9 Å². The highest BCUT2D eigenvalue weighted by Gasteiger charge is 2.30. The molecule has 3 heterocycles. The number of carbonyl (C=O) groups excluding carboxylic acids is 1. The van der Waals surface area contributed by atoms with E-state index in [1.807, 2.05) is 30.3 Å². The minimum Gasteiger partial charge on any atom is -0.369 e.